The molecule has 0 amide bonds. The van der Waals surface area contributed by atoms with Gasteiger partial charge in [0.1, 0.15) is 0 Å². The Morgan fingerprint density at radius 2 is 2.06 bits per heavy atom. The maximum absolute atomic E-state index is 6.06. The molecule has 2 nitrogen and oxygen atoms in total. The summed E-state index contributed by atoms with van der Waals surface area (Å²) in [6.45, 7) is 5.08. The Labute approximate surface area is 111 Å². The van der Waals surface area contributed by atoms with E-state index in [1.54, 1.807) is 0 Å². The van der Waals surface area contributed by atoms with E-state index in [1.165, 1.54) is 31.2 Å². The Morgan fingerprint density at radius 3 is 2.72 bits per heavy atom. The molecule has 1 aromatic carbocycles. The van der Waals surface area contributed by atoms with Crippen LogP contribution in [0.25, 0.3) is 0 Å². The van der Waals surface area contributed by atoms with Crippen LogP contribution >= 0.6 is 0 Å². The van der Waals surface area contributed by atoms with Crippen LogP contribution in [0, 0.1) is 5.92 Å². The standard InChI is InChI=1S/C16H25NO/c1-2-11-17-13-16(15-6-4-3-5-7-15)18-12-10-14-8-9-14/h3-7,14,16-17H,2,8-13H2,1H3. The van der Waals surface area contributed by atoms with Crippen LogP contribution in [0.15, 0.2) is 30.3 Å². The average molecular weight is 247 g/mol. The highest BCUT2D eigenvalue weighted by Crippen LogP contribution is 2.32. The minimum absolute atomic E-state index is 0.205. The van der Waals surface area contributed by atoms with E-state index >= 15 is 0 Å². The molecule has 0 heterocycles. The Bertz CT molecular complexity index is 321. The van der Waals surface area contributed by atoms with Gasteiger partial charge >= 0.3 is 0 Å². The summed E-state index contributed by atoms with van der Waals surface area (Å²) < 4.78 is 6.06. The molecule has 1 aromatic rings. The van der Waals surface area contributed by atoms with Crippen molar-refractivity contribution in [3.05, 3.63) is 35.9 Å². The highest BCUT2D eigenvalue weighted by atomic mass is 16.5. The number of hydrogen-bond acceptors (Lipinski definition) is 2. The Hall–Kier alpha value is -0.860. The lowest BCUT2D eigenvalue weighted by Crippen LogP contribution is -2.24. The molecule has 0 bridgehead atoms. The predicted molar refractivity (Wildman–Crippen MR) is 75.6 cm³/mol. The zero-order valence-corrected chi connectivity index (χ0v) is 11.4. The second-order valence-electron chi connectivity index (χ2n) is 5.21. The lowest BCUT2D eigenvalue weighted by atomic mass is 10.1. The van der Waals surface area contributed by atoms with E-state index in [-0.39, 0.29) is 6.10 Å². The van der Waals surface area contributed by atoms with Gasteiger partial charge in [0, 0.05) is 13.2 Å². The van der Waals surface area contributed by atoms with Crippen LogP contribution in [-0.2, 0) is 4.74 Å². The summed E-state index contributed by atoms with van der Waals surface area (Å²) >= 11 is 0. The van der Waals surface area contributed by atoms with E-state index < -0.39 is 0 Å². The van der Waals surface area contributed by atoms with Crippen LogP contribution in [0.3, 0.4) is 0 Å². The fraction of sp³-hybridized carbons (Fsp3) is 0.625. The Morgan fingerprint density at radius 1 is 1.28 bits per heavy atom. The molecule has 1 N–H and O–H groups in total. The van der Waals surface area contributed by atoms with E-state index in [0.29, 0.717) is 0 Å². The predicted octanol–water partition coefficient (Wildman–Crippen LogP) is 3.54. The maximum Gasteiger partial charge on any atom is 0.0949 e. The van der Waals surface area contributed by atoms with Crippen molar-refractivity contribution in [2.45, 2.75) is 38.7 Å². The summed E-state index contributed by atoms with van der Waals surface area (Å²) in [6.07, 6.45) is 5.43. The van der Waals surface area contributed by atoms with Gasteiger partial charge in [0.2, 0.25) is 0 Å². The third kappa shape index (κ3) is 4.79. The van der Waals surface area contributed by atoms with Crippen LogP contribution in [0.1, 0.15) is 44.3 Å². The Kier molecular flexibility index (Phi) is 5.69. The van der Waals surface area contributed by atoms with Crippen molar-refractivity contribution in [3.63, 3.8) is 0 Å². The van der Waals surface area contributed by atoms with E-state index in [0.717, 1.165) is 25.6 Å². The van der Waals surface area contributed by atoms with Crippen molar-refractivity contribution in [1.29, 1.82) is 0 Å². The fourth-order valence-corrected chi connectivity index (χ4v) is 2.13. The first-order chi connectivity index (χ1) is 8.90. The number of ether oxygens (including phenoxy) is 1. The Balaban J connectivity index is 1.80. The lowest BCUT2D eigenvalue weighted by Gasteiger charge is -2.19. The summed E-state index contributed by atoms with van der Waals surface area (Å²) in [4.78, 5) is 0. The van der Waals surface area contributed by atoms with E-state index in [9.17, 15) is 0 Å². The highest BCUT2D eigenvalue weighted by molar-refractivity contribution is 5.17. The molecule has 1 fully saturated rings. The smallest absolute Gasteiger partial charge is 0.0949 e. The molecule has 0 spiro atoms. The first-order valence-corrected chi connectivity index (χ1v) is 7.27. The van der Waals surface area contributed by atoms with E-state index in [2.05, 4.69) is 42.6 Å². The van der Waals surface area contributed by atoms with Crippen LogP contribution in [0.5, 0.6) is 0 Å². The molecule has 1 aliphatic rings. The molecule has 1 saturated carbocycles. The summed E-state index contributed by atoms with van der Waals surface area (Å²) in [5, 5.41) is 3.46. The second-order valence-corrected chi connectivity index (χ2v) is 5.21. The quantitative estimate of drug-likeness (QED) is 0.674. The van der Waals surface area contributed by atoms with Gasteiger partial charge in [0.05, 0.1) is 6.10 Å². The SMILES string of the molecule is CCCNCC(OCCC1CC1)c1ccccc1. The molecule has 0 aliphatic heterocycles. The topological polar surface area (TPSA) is 21.3 Å². The second kappa shape index (κ2) is 7.55. The minimum Gasteiger partial charge on any atom is -0.372 e. The fourth-order valence-electron chi connectivity index (χ4n) is 2.13. The molecule has 1 unspecified atom stereocenters. The van der Waals surface area contributed by atoms with Gasteiger partial charge in [-0.1, -0.05) is 50.1 Å². The number of rotatable bonds is 9. The number of benzene rings is 1. The largest absolute Gasteiger partial charge is 0.372 e. The molecule has 0 radical (unpaired) electrons. The summed E-state index contributed by atoms with van der Waals surface area (Å²) in [5.41, 5.74) is 1.29. The molecule has 0 aromatic heterocycles. The maximum atomic E-state index is 6.06. The first kappa shape index (κ1) is 13.6. The normalized spacial score (nSPS) is 16.7. The molecule has 2 rings (SSSR count). The van der Waals surface area contributed by atoms with E-state index in [4.69, 9.17) is 4.74 Å². The van der Waals surface area contributed by atoms with Crippen molar-refractivity contribution in [2.75, 3.05) is 19.7 Å². The number of hydrogen-bond donors (Lipinski definition) is 1. The van der Waals surface area contributed by atoms with Gasteiger partial charge in [-0.05, 0) is 30.9 Å². The summed E-state index contributed by atoms with van der Waals surface area (Å²) in [7, 11) is 0. The molecule has 18 heavy (non-hydrogen) atoms. The van der Waals surface area contributed by atoms with Gasteiger partial charge in [-0.15, -0.1) is 0 Å². The third-order valence-corrected chi connectivity index (χ3v) is 3.47. The number of nitrogens with one attached hydrogen (secondary N) is 1. The molecule has 1 atom stereocenters. The molecular weight excluding hydrogens is 222 g/mol. The van der Waals surface area contributed by atoms with Gasteiger partial charge in [-0.3, -0.25) is 0 Å². The molecule has 100 valence electrons. The van der Waals surface area contributed by atoms with Crippen molar-refractivity contribution in [3.8, 4) is 0 Å². The molecule has 1 aliphatic carbocycles. The van der Waals surface area contributed by atoms with Gasteiger partial charge in [-0.2, -0.15) is 0 Å². The van der Waals surface area contributed by atoms with Crippen LogP contribution in [-0.4, -0.2) is 19.7 Å². The molecular formula is C16H25NO. The lowest BCUT2D eigenvalue weighted by molar-refractivity contribution is 0.0487. The van der Waals surface area contributed by atoms with E-state index in [1.807, 2.05) is 0 Å². The van der Waals surface area contributed by atoms with Gasteiger partial charge in [0.15, 0.2) is 0 Å². The van der Waals surface area contributed by atoms with Gasteiger partial charge in [0.25, 0.3) is 0 Å². The highest BCUT2D eigenvalue weighted by Gasteiger charge is 2.21. The minimum atomic E-state index is 0.205. The monoisotopic (exact) mass is 247 g/mol. The zero-order valence-electron chi connectivity index (χ0n) is 11.4. The summed E-state index contributed by atoms with van der Waals surface area (Å²) in [5.74, 6) is 0.949. The average Bonchev–Trinajstić information content (AvgIpc) is 3.22. The van der Waals surface area contributed by atoms with Crippen LogP contribution < -0.4 is 5.32 Å². The van der Waals surface area contributed by atoms with Gasteiger partial charge in [-0.25, -0.2) is 0 Å². The van der Waals surface area contributed by atoms with Crippen molar-refractivity contribution in [1.82, 2.24) is 5.32 Å². The third-order valence-electron chi connectivity index (χ3n) is 3.47. The zero-order chi connectivity index (χ0) is 12.6. The summed E-state index contributed by atoms with van der Waals surface area (Å²) in [6, 6.07) is 10.6. The van der Waals surface area contributed by atoms with Crippen LogP contribution in [0.2, 0.25) is 0 Å². The van der Waals surface area contributed by atoms with Crippen molar-refractivity contribution < 1.29 is 4.74 Å². The van der Waals surface area contributed by atoms with Crippen molar-refractivity contribution in [2.24, 2.45) is 5.92 Å². The van der Waals surface area contributed by atoms with Crippen LogP contribution in [0.4, 0.5) is 0 Å². The molecule has 0 saturated heterocycles. The van der Waals surface area contributed by atoms with Gasteiger partial charge < -0.3 is 10.1 Å². The van der Waals surface area contributed by atoms with Crippen molar-refractivity contribution >= 4 is 0 Å². The molecule has 2 heteroatoms. The first-order valence-electron chi connectivity index (χ1n) is 7.27.